The number of unbranched alkanes of at least 4 members (excludes halogenated alkanes) is 2. The lowest BCUT2D eigenvalue weighted by atomic mass is 9.74. The summed E-state index contributed by atoms with van der Waals surface area (Å²) in [5.74, 6) is 2.65. The number of anilines is 3. The molecule has 0 atom stereocenters. The average molecular weight is 577 g/mol. The Kier molecular flexibility index (Phi) is 11.6. The molecule has 0 amide bonds. The summed E-state index contributed by atoms with van der Waals surface area (Å²) in [6.45, 7) is 19.3. The first-order valence-corrected chi connectivity index (χ1v) is 15.9. The highest BCUT2D eigenvalue weighted by Gasteiger charge is 2.38. The van der Waals surface area contributed by atoms with Crippen LogP contribution in [0.15, 0.2) is 0 Å². The maximum absolute atomic E-state index is 9.66. The molecule has 0 aliphatic carbocycles. The molecule has 0 spiro atoms. The zero-order valence-electron chi connectivity index (χ0n) is 27.2. The van der Waals surface area contributed by atoms with Crippen LogP contribution in [0.1, 0.15) is 120 Å². The Morgan fingerprint density at radius 1 is 0.634 bits per heavy atom. The number of nitrogens with zero attached hydrogens (tertiary/aromatic N) is 4. The lowest BCUT2D eigenvalue weighted by Crippen LogP contribution is -2.57. The van der Waals surface area contributed by atoms with E-state index >= 15 is 0 Å². The van der Waals surface area contributed by atoms with Crippen LogP contribution in [0.4, 0.5) is 17.8 Å². The molecule has 2 fully saturated rings. The minimum atomic E-state index is -0.370. The van der Waals surface area contributed by atoms with Gasteiger partial charge < -0.3 is 31.5 Å². The van der Waals surface area contributed by atoms with E-state index in [2.05, 4.69) is 91.6 Å². The van der Waals surface area contributed by atoms with Gasteiger partial charge in [-0.15, -0.1) is 0 Å². The molecule has 3 heterocycles. The van der Waals surface area contributed by atoms with Crippen LogP contribution in [0, 0.1) is 11.8 Å². The largest absolute Gasteiger partial charge is 0.376 e. The van der Waals surface area contributed by atoms with E-state index in [4.69, 9.17) is 0 Å². The molecule has 0 unspecified atom stereocenters. The fourth-order valence-electron chi connectivity index (χ4n) is 7.83. The summed E-state index contributed by atoms with van der Waals surface area (Å²) in [4.78, 5) is 14.8. The lowest BCUT2D eigenvalue weighted by Gasteiger charge is -2.46. The Morgan fingerprint density at radius 2 is 1.00 bits per heavy atom. The maximum Gasteiger partial charge on any atom is 0.235 e. The monoisotopic (exact) mass is 576 g/mol. The normalized spacial score (nSPS) is 21.9. The van der Waals surface area contributed by atoms with Crippen molar-refractivity contribution in [3.05, 3.63) is 0 Å². The van der Waals surface area contributed by atoms with E-state index in [0.717, 1.165) is 50.6 Å². The molecule has 10 heteroatoms. The van der Waals surface area contributed by atoms with Crippen LogP contribution < -0.4 is 26.2 Å². The molecule has 1 aromatic rings. The van der Waals surface area contributed by atoms with E-state index in [1.807, 2.05) is 0 Å². The van der Waals surface area contributed by atoms with Gasteiger partial charge in [0.05, 0.1) is 0 Å². The van der Waals surface area contributed by atoms with Crippen molar-refractivity contribution in [2.24, 2.45) is 11.8 Å². The number of aromatic nitrogens is 3. The number of rotatable bonds is 15. The fraction of sp³-hybridized carbons (Fsp3) is 0.903. The molecule has 3 rings (SSSR count). The van der Waals surface area contributed by atoms with Crippen molar-refractivity contribution in [2.45, 2.75) is 142 Å². The Balaban J connectivity index is 1.47. The first-order chi connectivity index (χ1) is 19.1. The number of nitrogens with one attached hydrogen (secondary N) is 4. The smallest absolute Gasteiger partial charge is 0.235 e. The number of hydrogen-bond acceptors (Lipinski definition) is 10. The highest BCUT2D eigenvalue weighted by atomic mass is 16.3. The van der Waals surface area contributed by atoms with Crippen LogP contribution in [0.5, 0.6) is 0 Å². The van der Waals surface area contributed by atoms with Gasteiger partial charge in [0.25, 0.3) is 0 Å². The Bertz CT molecular complexity index is 850. The summed E-state index contributed by atoms with van der Waals surface area (Å²) < 4.78 is 0. The topological polar surface area (TPSA) is 130 Å². The molecule has 2 aliphatic rings. The minimum Gasteiger partial charge on any atom is -0.376 e. The van der Waals surface area contributed by atoms with E-state index in [1.54, 1.807) is 0 Å². The van der Waals surface area contributed by atoms with E-state index < -0.39 is 0 Å². The van der Waals surface area contributed by atoms with E-state index in [1.165, 1.54) is 43.4 Å². The van der Waals surface area contributed by atoms with Crippen molar-refractivity contribution >= 4 is 17.8 Å². The molecular formula is C31H60N8O2. The summed E-state index contributed by atoms with van der Waals surface area (Å²) in [5.41, 5.74) is 0.729. The number of aliphatic hydroxyl groups is 2. The molecule has 0 bridgehead atoms. The highest BCUT2D eigenvalue weighted by Crippen LogP contribution is 2.36. The second-order valence-electron chi connectivity index (χ2n) is 15.3. The fourth-order valence-corrected chi connectivity index (χ4v) is 7.83. The second-order valence-corrected chi connectivity index (χ2v) is 15.3. The van der Waals surface area contributed by atoms with Gasteiger partial charge in [0.1, 0.15) is 13.5 Å². The summed E-state index contributed by atoms with van der Waals surface area (Å²) in [6.07, 6.45) is 11.6. The summed E-state index contributed by atoms with van der Waals surface area (Å²) in [5, 5.41) is 33.6. The Hall–Kier alpha value is -1.75. The van der Waals surface area contributed by atoms with Gasteiger partial charge in [0.15, 0.2) is 0 Å². The summed E-state index contributed by atoms with van der Waals surface area (Å²) in [7, 11) is 0. The van der Waals surface area contributed by atoms with Crippen LogP contribution in [0.3, 0.4) is 0 Å². The predicted molar refractivity (Wildman–Crippen MR) is 169 cm³/mol. The zero-order chi connectivity index (χ0) is 30.3. The average Bonchev–Trinajstić information content (AvgIpc) is 2.80. The molecule has 2 saturated heterocycles. The molecule has 6 N–H and O–H groups in total. The predicted octanol–water partition coefficient (Wildman–Crippen LogP) is 4.86. The standard InChI is InChI=1S/C31H60N8O2/c1-28(2)17-23(18-29(3,4)37-28)13-9-11-15-32-25-34-26(36-27(35-25)39(21-40)22-41)33-16-12-10-14-24-19-30(5,6)38-31(7,8)20-24/h23-24,37-38,40-41H,9-22H2,1-8H3,(H2,32,33,34,35,36). The van der Waals surface area contributed by atoms with Crippen molar-refractivity contribution in [3.63, 3.8) is 0 Å². The van der Waals surface area contributed by atoms with E-state index in [9.17, 15) is 10.2 Å². The minimum absolute atomic E-state index is 0.182. The van der Waals surface area contributed by atoms with Crippen molar-refractivity contribution in [2.75, 3.05) is 42.1 Å². The molecule has 10 nitrogen and oxygen atoms in total. The second kappa shape index (κ2) is 14.1. The van der Waals surface area contributed by atoms with Gasteiger partial charge in [0, 0.05) is 35.2 Å². The van der Waals surface area contributed by atoms with Crippen molar-refractivity contribution in [1.82, 2.24) is 25.6 Å². The van der Waals surface area contributed by atoms with Gasteiger partial charge in [-0.2, -0.15) is 15.0 Å². The molecule has 0 aromatic carbocycles. The number of hydrogen-bond donors (Lipinski definition) is 6. The third kappa shape index (κ3) is 11.5. The van der Waals surface area contributed by atoms with Gasteiger partial charge >= 0.3 is 0 Å². The lowest BCUT2D eigenvalue weighted by molar-refractivity contribution is 0.121. The molecule has 0 saturated carbocycles. The van der Waals surface area contributed by atoms with Crippen LogP contribution in [0.2, 0.25) is 0 Å². The van der Waals surface area contributed by atoms with Gasteiger partial charge in [-0.1, -0.05) is 25.7 Å². The van der Waals surface area contributed by atoms with Gasteiger partial charge in [-0.05, 0) is 106 Å². The number of aliphatic hydroxyl groups excluding tert-OH is 2. The first kappa shape index (κ1) is 33.7. The third-order valence-corrected chi connectivity index (χ3v) is 8.44. The van der Waals surface area contributed by atoms with Crippen LogP contribution in [-0.4, -0.2) is 73.9 Å². The molecule has 2 aliphatic heterocycles. The highest BCUT2D eigenvalue weighted by molar-refractivity contribution is 5.43. The zero-order valence-corrected chi connectivity index (χ0v) is 27.2. The van der Waals surface area contributed by atoms with Crippen LogP contribution in [-0.2, 0) is 0 Å². The van der Waals surface area contributed by atoms with Gasteiger partial charge in [-0.3, -0.25) is 4.90 Å². The molecule has 236 valence electrons. The third-order valence-electron chi connectivity index (χ3n) is 8.44. The molecule has 41 heavy (non-hydrogen) atoms. The summed E-state index contributed by atoms with van der Waals surface area (Å²) in [6, 6.07) is 0. The summed E-state index contributed by atoms with van der Waals surface area (Å²) >= 11 is 0. The SMILES string of the molecule is CC1(C)CC(CCCCNc2nc(NCCCCC3CC(C)(C)NC(C)(C)C3)nc(N(CO)CO)n2)CC(C)(C)N1. The van der Waals surface area contributed by atoms with Crippen molar-refractivity contribution in [3.8, 4) is 0 Å². The van der Waals surface area contributed by atoms with Crippen LogP contribution in [0.25, 0.3) is 0 Å². The molecule has 1 aromatic heterocycles. The van der Waals surface area contributed by atoms with Crippen molar-refractivity contribution in [1.29, 1.82) is 0 Å². The van der Waals surface area contributed by atoms with Gasteiger partial charge in [-0.25, -0.2) is 0 Å². The molecule has 0 radical (unpaired) electrons. The Labute approximate surface area is 249 Å². The number of piperidine rings is 2. The van der Waals surface area contributed by atoms with Crippen LogP contribution >= 0.6 is 0 Å². The quantitative estimate of drug-likeness (QED) is 0.127. The van der Waals surface area contributed by atoms with E-state index in [0.29, 0.717) is 11.9 Å². The van der Waals surface area contributed by atoms with Crippen molar-refractivity contribution < 1.29 is 10.2 Å². The Morgan fingerprint density at radius 3 is 1.34 bits per heavy atom. The maximum atomic E-state index is 9.66. The molecular weight excluding hydrogens is 516 g/mol. The van der Waals surface area contributed by atoms with E-state index in [-0.39, 0.29) is 41.6 Å². The first-order valence-electron chi connectivity index (χ1n) is 15.9. The van der Waals surface area contributed by atoms with Gasteiger partial charge in [0.2, 0.25) is 17.8 Å².